The molecule has 4 nitrogen and oxygen atoms in total. The number of hydroxylamine groups is 2. The fourth-order valence-corrected chi connectivity index (χ4v) is 4.65. The Kier molecular flexibility index (Phi) is 6.60. The predicted octanol–water partition coefficient (Wildman–Crippen LogP) is 5.77. The zero-order valence-electron chi connectivity index (χ0n) is 16.6. The van der Waals surface area contributed by atoms with Crippen molar-refractivity contribution >= 4 is 28.9 Å². The number of para-hydroxylation sites is 2. The number of hydrogen-bond acceptors (Lipinski definition) is 3. The first-order chi connectivity index (χ1) is 13.9. The van der Waals surface area contributed by atoms with Crippen molar-refractivity contribution in [2.75, 3.05) is 33.8 Å². The molecule has 1 heterocycles. The molecule has 164 valence electrons. The van der Waals surface area contributed by atoms with Gasteiger partial charge in [0.15, 0.2) is 17.5 Å². The van der Waals surface area contributed by atoms with Crippen LogP contribution in [-0.2, 0) is 6.18 Å². The molecule has 1 fully saturated rings. The molecule has 2 aromatic rings. The number of ether oxygens (including phenoxy) is 1. The largest absolute Gasteiger partial charge is 0.627 e. The molecule has 1 aliphatic rings. The van der Waals surface area contributed by atoms with Gasteiger partial charge in [0.1, 0.15) is 6.54 Å². The minimum absolute atomic E-state index is 0.137. The average molecular weight is 463 g/mol. The molecular weight excluding hydrogens is 440 g/mol. The van der Waals surface area contributed by atoms with E-state index in [2.05, 4.69) is 0 Å². The summed E-state index contributed by atoms with van der Waals surface area (Å²) in [6.45, 7) is 1.02. The summed E-state index contributed by atoms with van der Waals surface area (Å²) in [6.07, 6.45) is -3.78. The normalized spacial score (nSPS) is 23.3. The van der Waals surface area contributed by atoms with E-state index < -0.39 is 26.8 Å². The van der Waals surface area contributed by atoms with Crippen molar-refractivity contribution in [3.8, 4) is 5.75 Å². The number of hydrogen-bond donors (Lipinski definition) is 0. The summed E-state index contributed by atoms with van der Waals surface area (Å²) in [6, 6.07) is 10.2. The van der Waals surface area contributed by atoms with Crippen LogP contribution in [0, 0.1) is 5.21 Å². The smallest absolute Gasteiger partial charge is 0.416 e. The zero-order chi connectivity index (χ0) is 22.2. The lowest BCUT2D eigenvalue weighted by Gasteiger charge is -2.61. The van der Waals surface area contributed by atoms with Crippen LogP contribution in [0.1, 0.15) is 23.6 Å². The Morgan fingerprint density at radius 1 is 1.17 bits per heavy atom. The van der Waals surface area contributed by atoms with Crippen LogP contribution >= 0.6 is 23.2 Å². The lowest BCUT2D eigenvalue weighted by molar-refractivity contribution is -0.137. The van der Waals surface area contributed by atoms with Crippen molar-refractivity contribution in [3.05, 3.63) is 64.9 Å². The van der Waals surface area contributed by atoms with E-state index in [0.29, 0.717) is 18.0 Å². The van der Waals surface area contributed by atoms with Gasteiger partial charge in [0.05, 0.1) is 12.2 Å². The highest BCUT2D eigenvalue weighted by atomic mass is 35.5. The molecule has 0 radical (unpaired) electrons. The van der Waals surface area contributed by atoms with Gasteiger partial charge >= 0.3 is 6.18 Å². The van der Waals surface area contributed by atoms with Crippen LogP contribution in [0.4, 0.5) is 18.9 Å². The first-order valence-electron chi connectivity index (χ1n) is 9.46. The van der Waals surface area contributed by atoms with Crippen molar-refractivity contribution < 1.29 is 17.9 Å². The maximum absolute atomic E-state index is 13.8. The molecule has 30 heavy (non-hydrogen) atoms. The number of halogens is 5. The van der Waals surface area contributed by atoms with Crippen LogP contribution in [0.2, 0.25) is 0 Å². The van der Waals surface area contributed by atoms with Gasteiger partial charge in [0.2, 0.25) is 4.33 Å². The van der Waals surface area contributed by atoms with Crippen molar-refractivity contribution in [2.45, 2.75) is 23.0 Å². The number of quaternary nitrogens is 1. The molecule has 2 atom stereocenters. The Labute approximate surface area is 183 Å². The highest BCUT2D eigenvalue weighted by Gasteiger charge is 2.62. The molecule has 0 aromatic heterocycles. The van der Waals surface area contributed by atoms with Gasteiger partial charge < -0.3 is 19.5 Å². The van der Waals surface area contributed by atoms with Gasteiger partial charge in [-0.2, -0.15) is 13.2 Å². The Balaban J connectivity index is 1.93. The van der Waals surface area contributed by atoms with Crippen molar-refractivity contribution in [2.24, 2.45) is 0 Å². The second kappa shape index (κ2) is 8.55. The molecule has 2 unspecified atom stereocenters. The minimum Gasteiger partial charge on any atom is -0.627 e. The Morgan fingerprint density at radius 2 is 1.87 bits per heavy atom. The molecule has 0 N–H and O–H groups in total. The summed E-state index contributed by atoms with van der Waals surface area (Å²) >= 11 is 12.7. The second-order valence-electron chi connectivity index (χ2n) is 7.71. The van der Waals surface area contributed by atoms with Crippen LogP contribution in [0.5, 0.6) is 5.75 Å². The highest BCUT2D eigenvalue weighted by Crippen LogP contribution is 2.58. The predicted molar refractivity (Wildman–Crippen MR) is 114 cm³/mol. The third-order valence-corrected chi connectivity index (χ3v) is 5.73. The molecule has 9 heteroatoms. The quantitative estimate of drug-likeness (QED) is 0.226. The Bertz CT molecular complexity index is 893. The van der Waals surface area contributed by atoms with Gasteiger partial charge in [0, 0.05) is 18.2 Å². The molecule has 3 rings (SSSR count). The van der Waals surface area contributed by atoms with Crippen molar-refractivity contribution in [1.29, 1.82) is 0 Å². The van der Waals surface area contributed by atoms with Crippen LogP contribution < -0.4 is 9.38 Å². The first kappa shape index (κ1) is 23.2. The number of nitrogens with zero attached hydrogens (tertiary/aromatic N) is 2. The van der Waals surface area contributed by atoms with E-state index in [9.17, 15) is 18.4 Å². The Hall–Kier alpha value is -1.51. The first-order valence-corrected chi connectivity index (χ1v) is 10.2. The summed E-state index contributed by atoms with van der Waals surface area (Å²) in [5.74, 6) is 0.382. The van der Waals surface area contributed by atoms with Gasteiger partial charge in [-0.3, -0.25) is 0 Å². The van der Waals surface area contributed by atoms with Gasteiger partial charge in [-0.25, -0.2) is 0 Å². The fourth-order valence-electron chi connectivity index (χ4n) is 3.73. The molecule has 0 spiro atoms. The summed E-state index contributed by atoms with van der Waals surface area (Å²) in [5.41, 5.74) is -0.420. The number of alkyl halides is 5. The van der Waals surface area contributed by atoms with Gasteiger partial charge in [0.25, 0.3) is 0 Å². The van der Waals surface area contributed by atoms with E-state index in [1.54, 1.807) is 24.3 Å². The van der Waals surface area contributed by atoms with Crippen LogP contribution in [0.15, 0.2) is 48.5 Å². The molecule has 0 amide bonds. The van der Waals surface area contributed by atoms with E-state index in [0.717, 1.165) is 25.1 Å². The summed E-state index contributed by atoms with van der Waals surface area (Å²) in [7, 11) is 3.90. The maximum Gasteiger partial charge on any atom is 0.416 e. The van der Waals surface area contributed by atoms with E-state index in [4.69, 9.17) is 27.9 Å². The SMILES string of the molecule is CN(C)CCCOc1ccccc1[N+]1([O-])CC(Cl)(Cl)C1c1cccc(C(F)(F)F)c1. The number of rotatable bonds is 7. The molecular formula is C21H23Cl2F3N2O2. The molecule has 2 aromatic carbocycles. The lowest BCUT2D eigenvalue weighted by atomic mass is 9.90. The highest BCUT2D eigenvalue weighted by molar-refractivity contribution is 6.50. The van der Waals surface area contributed by atoms with Crippen LogP contribution in [0.25, 0.3) is 0 Å². The topological polar surface area (TPSA) is 35.5 Å². The number of benzene rings is 2. The third kappa shape index (κ3) is 4.70. The maximum atomic E-state index is 13.8. The van der Waals surface area contributed by atoms with Crippen LogP contribution in [-0.4, -0.2) is 43.0 Å². The van der Waals surface area contributed by atoms with Crippen LogP contribution in [0.3, 0.4) is 0 Å². The molecule has 1 aliphatic heterocycles. The zero-order valence-corrected chi connectivity index (χ0v) is 18.1. The minimum atomic E-state index is -4.53. The summed E-state index contributed by atoms with van der Waals surface area (Å²) in [4.78, 5) is 2.02. The Morgan fingerprint density at radius 3 is 2.50 bits per heavy atom. The summed E-state index contributed by atoms with van der Waals surface area (Å²) in [5, 5.41) is 13.8. The van der Waals surface area contributed by atoms with E-state index >= 15 is 0 Å². The van der Waals surface area contributed by atoms with E-state index in [1.165, 1.54) is 12.1 Å². The molecule has 0 aliphatic carbocycles. The second-order valence-corrected chi connectivity index (χ2v) is 9.26. The third-order valence-electron chi connectivity index (χ3n) is 5.07. The van der Waals surface area contributed by atoms with Gasteiger partial charge in [-0.05, 0) is 38.7 Å². The van der Waals surface area contributed by atoms with E-state index in [1.807, 2.05) is 19.0 Å². The fraction of sp³-hybridized carbons (Fsp3) is 0.429. The monoisotopic (exact) mass is 462 g/mol. The van der Waals surface area contributed by atoms with Gasteiger partial charge in [-0.15, -0.1) is 0 Å². The average Bonchev–Trinajstić information content (AvgIpc) is 2.64. The van der Waals surface area contributed by atoms with Crippen molar-refractivity contribution in [3.63, 3.8) is 0 Å². The molecule has 1 saturated heterocycles. The standard InChI is InChI=1S/C21H23Cl2F3N2O2/c1-27(2)11-6-12-30-18-10-4-3-9-17(18)28(29)14-20(22,23)19(28)15-7-5-8-16(13-15)21(24,25)26/h3-5,7-10,13,19H,6,11-12,14H2,1-2H3. The molecule has 0 saturated carbocycles. The molecule has 0 bridgehead atoms. The van der Waals surface area contributed by atoms with E-state index in [-0.39, 0.29) is 12.1 Å². The van der Waals surface area contributed by atoms with Crippen molar-refractivity contribution in [1.82, 2.24) is 9.55 Å². The summed E-state index contributed by atoms with van der Waals surface area (Å²) < 4.78 is 42.9. The lowest BCUT2D eigenvalue weighted by Crippen LogP contribution is -2.69. The van der Waals surface area contributed by atoms with Gasteiger partial charge in [-0.1, -0.05) is 47.5 Å².